The summed E-state index contributed by atoms with van der Waals surface area (Å²) in [5, 5.41) is 13.3. The highest BCUT2D eigenvalue weighted by atomic mass is 35.5. The fraction of sp³-hybridized carbons (Fsp3) is 0.400. The third kappa shape index (κ3) is 4.36. The molecule has 0 saturated heterocycles. The van der Waals surface area contributed by atoms with Gasteiger partial charge >= 0.3 is 0 Å². The monoisotopic (exact) mass is 248 g/mol. The molecule has 0 aromatic heterocycles. The van der Waals surface area contributed by atoms with Crippen LogP contribution in [0.5, 0.6) is 0 Å². The van der Waals surface area contributed by atoms with E-state index in [0.29, 0.717) is 23.1 Å². The van der Waals surface area contributed by atoms with Gasteiger partial charge in [-0.15, -0.1) is 0 Å². The molecule has 0 aliphatic carbocycles. The molecule has 1 unspecified atom stereocenters. The lowest BCUT2D eigenvalue weighted by atomic mass is 10.2. The smallest absolute Gasteiger partial charge is 0.0786 e. The van der Waals surface area contributed by atoms with E-state index in [-0.39, 0.29) is 6.54 Å². The van der Waals surface area contributed by atoms with Gasteiger partial charge in [-0.25, -0.2) is 0 Å². The molecule has 0 radical (unpaired) electrons. The summed E-state index contributed by atoms with van der Waals surface area (Å²) < 4.78 is 0. The van der Waals surface area contributed by atoms with Gasteiger partial charge in [-0.1, -0.05) is 29.3 Å². The average molecular weight is 249 g/mol. The van der Waals surface area contributed by atoms with Gasteiger partial charge in [0.05, 0.1) is 16.1 Å². The van der Waals surface area contributed by atoms with Gasteiger partial charge in [-0.3, -0.25) is 0 Å². The minimum Gasteiger partial charge on any atom is -0.390 e. The Balaban J connectivity index is 2.41. The van der Waals surface area contributed by atoms with E-state index < -0.39 is 6.10 Å². The summed E-state index contributed by atoms with van der Waals surface area (Å²) in [6, 6.07) is 5.43. The number of rotatable bonds is 5. The average Bonchev–Trinajstić information content (AvgIpc) is 2.23. The fourth-order valence-electron chi connectivity index (χ4n) is 1.12. The Morgan fingerprint density at radius 1 is 1.33 bits per heavy atom. The van der Waals surface area contributed by atoms with Crippen molar-refractivity contribution in [3.05, 3.63) is 33.8 Å². The Morgan fingerprint density at radius 3 is 2.67 bits per heavy atom. The maximum atomic E-state index is 9.20. The Morgan fingerprint density at radius 2 is 2.07 bits per heavy atom. The second-order valence-corrected chi connectivity index (χ2v) is 4.08. The van der Waals surface area contributed by atoms with Crippen molar-refractivity contribution in [3.8, 4) is 0 Å². The summed E-state index contributed by atoms with van der Waals surface area (Å²) >= 11 is 11.6. The largest absolute Gasteiger partial charge is 0.390 e. The number of nitrogens with one attached hydrogen (secondary N) is 1. The van der Waals surface area contributed by atoms with Crippen molar-refractivity contribution in [2.24, 2.45) is 5.73 Å². The third-order valence-corrected chi connectivity index (χ3v) is 2.70. The first-order valence-electron chi connectivity index (χ1n) is 4.66. The summed E-state index contributed by atoms with van der Waals surface area (Å²) in [6.07, 6.45) is -0.507. The van der Waals surface area contributed by atoms with Gasteiger partial charge in [0.2, 0.25) is 0 Å². The van der Waals surface area contributed by atoms with Crippen LogP contribution in [0.3, 0.4) is 0 Å². The maximum Gasteiger partial charge on any atom is 0.0786 e. The zero-order valence-electron chi connectivity index (χ0n) is 8.21. The van der Waals surface area contributed by atoms with Crippen LogP contribution >= 0.6 is 23.2 Å². The second-order valence-electron chi connectivity index (χ2n) is 3.27. The summed E-state index contributed by atoms with van der Waals surface area (Å²) in [5.41, 5.74) is 6.29. The zero-order chi connectivity index (χ0) is 11.3. The predicted octanol–water partition coefficient (Wildman–Crippen LogP) is 1.40. The molecular weight excluding hydrogens is 235 g/mol. The first-order valence-corrected chi connectivity index (χ1v) is 5.42. The highest BCUT2D eigenvalue weighted by Gasteiger charge is 2.01. The molecule has 4 N–H and O–H groups in total. The van der Waals surface area contributed by atoms with Crippen LogP contribution in [0.25, 0.3) is 0 Å². The van der Waals surface area contributed by atoms with Gasteiger partial charge < -0.3 is 16.2 Å². The molecule has 0 bridgehead atoms. The van der Waals surface area contributed by atoms with E-state index in [2.05, 4.69) is 5.32 Å². The molecule has 15 heavy (non-hydrogen) atoms. The van der Waals surface area contributed by atoms with Gasteiger partial charge in [0.1, 0.15) is 0 Å². The summed E-state index contributed by atoms with van der Waals surface area (Å²) in [6.45, 7) is 1.36. The molecule has 3 nitrogen and oxygen atoms in total. The fourth-order valence-corrected chi connectivity index (χ4v) is 1.44. The molecule has 0 aliphatic heterocycles. The normalized spacial score (nSPS) is 12.8. The molecule has 0 amide bonds. The van der Waals surface area contributed by atoms with E-state index in [1.165, 1.54) is 0 Å². The minimum absolute atomic E-state index is 0.258. The number of hydrogen-bond donors (Lipinski definition) is 3. The lowest BCUT2D eigenvalue weighted by molar-refractivity contribution is 0.179. The van der Waals surface area contributed by atoms with E-state index in [4.69, 9.17) is 28.9 Å². The first kappa shape index (κ1) is 12.7. The summed E-state index contributed by atoms with van der Waals surface area (Å²) in [4.78, 5) is 0. The first-order chi connectivity index (χ1) is 7.13. The quantitative estimate of drug-likeness (QED) is 0.739. The summed E-state index contributed by atoms with van der Waals surface area (Å²) in [5.74, 6) is 0. The number of hydrogen-bond acceptors (Lipinski definition) is 3. The molecule has 0 heterocycles. The SMILES string of the molecule is NCC(O)CNCc1ccc(Cl)c(Cl)c1. The molecule has 1 atom stereocenters. The molecule has 1 rings (SSSR count). The van der Waals surface area contributed by atoms with Gasteiger partial charge in [-0.05, 0) is 17.7 Å². The van der Waals surface area contributed by atoms with Gasteiger partial charge in [-0.2, -0.15) is 0 Å². The van der Waals surface area contributed by atoms with Gasteiger partial charge in [0.15, 0.2) is 0 Å². The van der Waals surface area contributed by atoms with Crippen LogP contribution in [-0.2, 0) is 6.54 Å². The Hall–Kier alpha value is -0.320. The predicted molar refractivity (Wildman–Crippen MR) is 63.2 cm³/mol. The minimum atomic E-state index is -0.507. The molecule has 0 saturated carbocycles. The highest BCUT2D eigenvalue weighted by molar-refractivity contribution is 6.42. The molecule has 1 aromatic rings. The maximum absolute atomic E-state index is 9.20. The molecule has 1 aromatic carbocycles. The number of benzene rings is 1. The number of nitrogens with two attached hydrogens (primary N) is 1. The van der Waals surface area contributed by atoms with E-state index in [9.17, 15) is 5.11 Å². The van der Waals surface area contributed by atoms with Crippen LogP contribution in [0.2, 0.25) is 10.0 Å². The van der Waals surface area contributed by atoms with Crippen LogP contribution in [-0.4, -0.2) is 24.3 Å². The molecule has 0 fully saturated rings. The van der Waals surface area contributed by atoms with E-state index in [1.807, 2.05) is 6.07 Å². The van der Waals surface area contributed by atoms with E-state index in [1.54, 1.807) is 12.1 Å². The van der Waals surface area contributed by atoms with Crippen LogP contribution in [0, 0.1) is 0 Å². The van der Waals surface area contributed by atoms with Crippen molar-refractivity contribution in [2.75, 3.05) is 13.1 Å². The lowest BCUT2D eigenvalue weighted by Gasteiger charge is -2.09. The van der Waals surface area contributed by atoms with E-state index in [0.717, 1.165) is 5.56 Å². The molecule has 0 spiro atoms. The van der Waals surface area contributed by atoms with E-state index >= 15 is 0 Å². The molecule has 84 valence electrons. The van der Waals surface area contributed by atoms with Crippen molar-refractivity contribution in [1.29, 1.82) is 0 Å². The number of aliphatic hydroxyl groups is 1. The van der Waals surface area contributed by atoms with Crippen molar-refractivity contribution in [3.63, 3.8) is 0 Å². The van der Waals surface area contributed by atoms with Crippen molar-refractivity contribution >= 4 is 23.2 Å². The third-order valence-electron chi connectivity index (χ3n) is 1.97. The van der Waals surface area contributed by atoms with Crippen LogP contribution in [0.4, 0.5) is 0 Å². The van der Waals surface area contributed by atoms with Crippen LogP contribution in [0.1, 0.15) is 5.56 Å². The van der Waals surface area contributed by atoms with Crippen molar-refractivity contribution in [2.45, 2.75) is 12.6 Å². The van der Waals surface area contributed by atoms with Crippen LogP contribution in [0.15, 0.2) is 18.2 Å². The van der Waals surface area contributed by atoms with Gasteiger partial charge in [0.25, 0.3) is 0 Å². The second kappa shape index (κ2) is 6.30. The zero-order valence-corrected chi connectivity index (χ0v) is 9.72. The van der Waals surface area contributed by atoms with Crippen molar-refractivity contribution < 1.29 is 5.11 Å². The summed E-state index contributed by atoms with van der Waals surface area (Å²) in [7, 11) is 0. The number of halogens is 2. The Bertz CT molecular complexity index is 320. The molecule has 0 aliphatic rings. The Labute approximate surface area is 99.2 Å². The number of aliphatic hydroxyl groups excluding tert-OH is 1. The van der Waals surface area contributed by atoms with Crippen LogP contribution < -0.4 is 11.1 Å². The topological polar surface area (TPSA) is 58.3 Å². The highest BCUT2D eigenvalue weighted by Crippen LogP contribution is 2.22. The standard InChI is InChI=1S/C10H14Cl2N2O/c11-9-2-1-7(3-10(9)12)5-14-6-8(15)4-13/h1-3,8,14-15H,4-6,13H2. The van der Waals surface area contributed by atoms with Crippen molar-refractivity contribution in [1.82, 2.24) is 5.32 Å². The van der Waals surface area contributed by atoms with Gasteiger partial charge in [0, 0.05) is 19.6 Å². The molecule has 5 heteroatoms. The molecular formula is C10H14Cl2N2O. The Kier molecular flexibility index (Phi) is 5.36. The lowest BCUT2D eigenvalue weighted by Crippen LogP contribution is -2.32.